The van der Waals surface area contributed by atoms with E-state index in [4.69, 9.17) is 34.0 Å². The Bertz CT molecular complexity index is 1080. The smallest absolute Gasteiger partial charge is 0.341 e. The zero-order valence-electron chi connectivity index (χ0n) is 13.1. The number of nitrogens with two attached hydrogens (primary N) is 1. The van der Waals surface area contributed by atoms with Gasteiger partial charge in [-0.1, -0.05) is 35.3 Å². The van der Waals surface area contributed by atoms with Gasteiger partial charge in [0.15, 0.2) is 0 Å². The van der Waals surface area contributed by atoms with Crippen molar-refractivity contribution in [3.63, 3.8) is 0 Å². The van der Waals surface area contributed by atoms with Gasteiger partial charge >= 0.3 is 11.9 Å². The third-order valence-electron chi connectivity index (χ3n) is 4.01. The minimum Gasteiger partial charge on any atom is -0.479 e. The third kappa shape index (κ3) is 2.83. The number of carboxylic acid groups (broad SMARTS) is 2. The SMILES string of the molecule is Nc1ccc(C2(C(=O)O)N=c3cc(Cl)cc(Cl)c3=C2/C=C\C(=O)O)cc1. The van der Waals surface area contributed by atoms with Gasteiger partial charge in [0.1, 0.15) is 0 Å². The summed E-state index contributed by atoms with van der Waals surface area (Å²) in [5.74, 6) is -2.51. The lowest BCUT2D eigenvalue weighted by Crippen LogP contribution is -2.34. The van der Waals surface area contributed by atoms with Gasteiger partial charge in [0.05, 0.1) is 10.4 Å². The number of hydrogen-bond donors (Lipinski definition) is 3. The van der Waals surface area contributed by atoms with Crippen LogP contribution in [0, 0.1) is 0 Å². The first-order valence-corrected chi connectivity index (χ1v) is 8.11. The number of halogens is 2. The maximum absolute atomic E-state index is 12.3. The van der Waals surface area contributed by atoms with Crippen molar-refractivity contribution in [1.82, 2.24) is 0 Å². The molecule has 1 aliphatic rings. The van der Waals surface area contributed by atoms with Crippen molar-refractivity contribution >= 4 is 46.4 Å². The molecule has 2 aromatic carbocycles. The summed E-state index contributed by atoms with van der Waals surface area (Å²) in [5.41, 5.74) is 4.72. The van der Waals surface area contributed by atoms with Crippen LogP contribution in [0.1, 0.15) is 5.56 Å². The lowest BCUT2D eigenvalue weighted by molar-refractivity contribution is -0.141. The molecular weight excluding hydrogens is 379 g/mol. The Labute approximate surface area is 157 Å². The summed E-state index contributed by atoms with van der Waals surface area (Å²) in [7, 11) is 0. The van der Waals surface area contributed by atoms with Crippen LogP contribution in [0.2, 0.25) is 10.0 Å². The molecular formula is C18H12Cl2N2O4. The van der Waals surface area contributed by atoms with Crippen molar-refractivity contribution in [3.05, 3.63) is 74.7 Å². The molecule has 0 spiro atoms. The molecule has 3 rings (SSSR count). The van der Waals surface area contributed by atoms with Gasteiger partial charge in [-0.3, -0.25) is 4.99 Å². The lowest BCUT2D eigenvalue weighted by Gasteiger charge is -2.24. The van der Waals surface area contributed by atoms with E-state index in [1.807, 2.05) is 0 Å². The van der Waals surface area contributed by atoms with Crippen LogP contribution in [0.4, 0.5) is 5.69 Å². The number of anilines is 1. The van der Waals surface area contributed by atoms with Crippen molar-refractivity contribution in [2.45, 2.75) is 5.54 Å². The number of rotatable bonds is 4. The first-order valence-electron chi connectivity index (χ1n) is 7.36. The number of hydrogen-bond acceptors (Lipinski definition) is 4. The van der Waals surface area contributed by atoms with Gasteiger partial charge < -0.3 is 15.9 Å². The van der Waals surface area contributed by atoms with Crippen molar-refractivity contribution < 1.29 is 19.8 Å². The normalized spacial score (nSPS) is 18.6. The second kappa shape index (κ2) is 6.48. The van der Waals surface area contributed by atoms with Gasteiger partial charge in [-0.25, -0.2) is 9.59 Å². The number of nitrogens with zero attached hydrogens (tertiary/aromatic N) is 1. The third-order valence-corrected chi connectivity index (χ3v) is 4.53. The molecule has 0 saturated carbocycles. The predicted molar refractivity (Wildman–Crippen MR) is 97.6 cm³/mol. The van der Waals surface area contributed by atoms with E-state index in [2.05, 4.69) is 4.99 Å². The summed E-state index contributed by atoms with van der Waals surface area (Å²) < 4.78 is 0. The molecule has 0 fully saturated rings. The molecule has 6 nitrogen and oxygen atoms in total. The van der Waals surface area contributed by atoms with E-state index < -0.39 is 17.5 Å². The second-order valence-electron chi connectivity index (χ2n) is 5.62. The number of benzene rings is 2. The highest BCUT2D eigenvalue weighted by Crippen LogP contribution is 2.38. The van der Waals surface area contributed by atoms with E-state index in [0.29, 0.717) is 16.5 Å². The van der Waals surface area contributed by atoms with Crippen LogP contribution in [-0.2, 0) is 15.1 Å². The Morgan fingerprint density at radius 2 is 1.77 bits per heavy atom. The number of fused-ring (bicyclic) bond motifs is 1. The van der Waals surface area contributed by atoms with E-state index >= 15 is 0 Å². The quantitative estimate of drug-likeness (QED) is 0.545. The van der Waals surface area contributed by atoms with E-state index in [1.165, 1.54) is 30.3 Å². The van der Waals surface area contributed by atoms with Crippen molar-refractivity contribution in [1.29, 1.82) is 0 Å². The molecule has 8 heteroatoms. The molecule has 0 bridgehead atoms. The summed E-state index contributed by atoms with van der Waals surface area (Å²) in [6.07, 6.45) is 2.04. The van der Waals surface area contributed by atoms with Gasteiger partial charge in [0.25, 0.3) is 0 Å². The molecule has 1 heterocycles. The lowest BCUT2D eigenvalue weighted by atomic mass is 9.83. The Balaban J connectivity index is 2.46. The molecule has 1 aliphatic heterocycles. The molecule has 0 amide bonds. The Hall–Kier alpha value is -2.83. The zero-order chi connectivity index (χ0) is 19.1. The maximum Gasteiger partial charge on any atom is 0.341 e. The fourth-order valence-corrected chi connectivity index (χ4v) is 3.51. The zero-order valence-corrected chi connectivity index (χ0v) is 14.6. The van der Waals surface area contributed by atoms with Crippen LogP contribution in [0.25, 0.3) is 5.57 Å². The monoisotopic (exact) mass is 390 g/mol. The van der Waals surface area contributed by atoms with E-state index in [1.54, 1.807) is 12.1 Å². The fraction of sp³-hybridized carbons (Fsp3) is 0.0556. The Kier molecular flexibility index (Phi) is 4.48. The number of nitrogen functional groups attached to an aromatic ring is 1. The highest BCUT2D eigenvalue weighted by atomic mass is 35.5. The average Bonchev–Trinajstić information content (AvgIpc) is 2.89. The highest BCUT2D eigenvalue weighted by molar-refractivity contribution is 6.34. The summed E-state index contributed by atoms with van der Waals surface area (Å²) in [4.78, 5) is 27.7. The summed E-state index contributed by atoms with van der Waals surface area (Å²) >= 11 is 12.3. The van der Waals surface area contributed by atoms with Gasteiger partial charge in [0, 0.05) is 27.6 Å². The largest absolute Gasteiger partial charge is 0.479 e. The molecule has 4 N–H and O–H groups in total. The van der Waals surface area contributed by atoms with Crippen LogP contribution in [0.5, 0.6) is 0 Å². The molecule has 0 saturated heterocycles. The first kappa shape index (κ1) is 18.0. The van der Waals surface area contributed by atoms with Crippen molar-refractivity contribution in [2.24, 2.45) is 4.99 Å². The van der Waals surface area contributed by atoms with E-state index in [-0.39, 0.29) is 21.0 Å². The number of aliphatic carboxylic acids is 2. The van der Waals surface area contributed by atoms with Crippen LogP contribution >= 0.6 is 23.2 Å². The first-order chi connectivity index (χ1) is 12.3. The van der Waals surface area contributed by atoms with Gasteiger partial charge in [-0.15, -0.1) is 0 Å². The molecule has 0 radical (unpaired) electrons. The van der Waals surface area contributed by atoms with Crippen molar-refractivity contribution in [2.75, 3.05) is 5.73 Å². The second-order valence-corrected chi connectivity index (χ2v) is 6.46. The van der Waals surface area contributed by atoms with Gasteiger partial charge in [-0.05, 0) is 35.9 Å². The maximum atomic E-state index is 12.3. The van der Waals surface area contributed by atoms with Crippen LogP contribution in [0.15, 0.2) is 53.5 Å². The Morgan fingerprint density at radius 1 is 1.12 bits per heavy atom. The average molecular weight is 391 g/mol. The Morgan fingerprint density at radius 3 is 2.35 bits per heavy atom. The highest BCUT2D eigenvalue weighted by Gasteiger charge is 2.46. The predicted octanol–water partition coefficient (Wildman–Crippen LogP) is 1.98. The van der Waals surface area contributed by atoms with Gasteiger partial charge in [0.2, 0.25) is 5.54 Å². The minimum atomic E-state index is -1.86. The molecule has 1 unspecified atom stereocenters. The van der Waals surface area contributed by atoms with Crippen LogP contribution in [0.3, 0.4) is 0 Å². The number of carboxylic acids is 2. The van der Waals surface area contributed by atoms with Crippen LogP contribution < -0.4 is 16.3 Å². The summed E-state index contributed by atoms with van der Waals surface area (Å²) in [6, 6.07) is 9.09. The molecule has 0 aliphatic carbocycles. The summed E-state index contributed by atoms with van der Waals surface area (Å²) in [6.45, 7) is 0. The van der Waals surface area contributed by atoms with E-state index in [9.17, 15) is 14.7 Å². The molecule has 26 heavy (non-hydrogen) atoms. The number of carbonyl (C=O) groups is 2. The topological polar surface area (TPSA) is 113 Å². The molecule has 132 valence electrons. The van der Waals surface area contributed by atoms with Gasteiger partial charge in [-0.2, -0.15) is 0 Å². The molecule has 1 atom stereocenters. The van der Waals surface area contributed by atoms with Crippen molar-refractivity contribution in [3.8, 4) is 0 Å². The fourth-order valence-electron chi connectivity index (χ4n) is 2.93. The minimum absolute atomic E-state index is 0.133. The summed E-state index contributed by atoms with van der Waals surface area (Å²) in [5, 5.41) is 20.1. The molecule has 2 aromatic rings. The van der Waals surface area contributed by atoms with Crippen LogP contribution in [-0.4, -0.2) is 22.2 Å². The molecule has 0 aromatic heterocycles. The standard InChI is InChI=1S/C18H12Cl2N2O4/c19-10-7-13(20)16-12(5-6-15(23)24)18(17(25)26,22-14(16)8-10)9-1-3-11(21)4-2-9/h1-8H,21H2,(H,23,24)(H,25,26)/b6-5-. The van der Waals surface area contributed by atoms with E-state index in [0.717, 1.165) is 6.08 Å².